The molecule has 0 atom stereocenters. The predicted molar refractivity (Wildman–Crippen MR) is 68.5 cm³/mol. The molecule has 1 fully saturated rings. The molecule has 0 bridgehead atoms. The van der Waals surface area contributed by atoms with Gasteiger partial charge in [-0.3, -0.25) is 0 Å². The molecule has 1 aliphatic rings. The average Bonchev–Trinajstić information content (AvgIpc) is 2.01. The van der Waals surface area contributed by atoms with Crippen LogP contribution in [-0.2, 0) is 0 Å². The van der Waals surface area contributed by atoms with Crippen molar-refractivity contribution < 1.29 is 0 Å². The van der Waals surface area contributed by atoms with E-state index in [1.165, 1.54) is 25.7 Å². The molecule has 0 saturated heterocycles. The predicted octanol–water partition coefficient (Wildman–Crippen LogP) is 4.93. The summed E-state index contributed by atoms with van der Waals surface area (Å²) in [6.07, 6.45) is 6.06. The molecule has 0 radical (unpaired) electrons. The van der Waals surface area contributed by atoms with E-state index in [0.717, 1.165) is 10.7 Å². The third kappa shape index (κ3) is 3.29. The zero-order valence-corrected chi connectivity index (χ0v) is 13.1. The van der Waals surface area contributed by atoms with Gasteiger partial charge in [0.25, 0.3) is 0 Å². The molecule has 0 aromatic carbocycles. The van der Waals surface area contributed by atoms with E-state index in [-0.39, 0.29) is 0 Å². The monoisotopic (exact) mass is 258 g/mol. The molecule has 0 unspecified atom stereocenters. The third-order valence-electron chi connectivity index (χ3n) is 4.18. The molecule has 1 rings (SSSR count). The van der Waals surface area contributed by atoms with Crippen molar-refractivity contribution in [3.8, 4) is 0 Å². The number of hydrogen-bond donors (Lipinski definition) is 0. The first kappa shape index (κ1) is 12.6. The summed E-state index contributed by atoms with van der Waals surface area (Å²) in [6.45, 7) is 7.24. The summed E-state index contributed by atoms with van der Waals surface area (Å²) < 4.78 is 1.15. The molecular weight excluding hydrogens is 229 g/mol. The van der Waals surface area contributed by atoms with Crippen LogP contribution in [0.4, 0.5) is 0 Å². The molecule has 0 nitrogen and oxygen atoms in total. The van der Waals surface area contributed by atoms with E-state index >= 15 is 0 Å². The van der Waals surface area contributed by atoms with Crippen molar-refractivity contribution in [1.29, 1.82) is 0 Å². The maximum absolute atomic E-state index is 2.59. The van der Waals surface area contributed by atoms with Gasteiger partial charge < -0.3 is 0 Å². The molecular formula is C13H28Ge. The molecule has 14 heavy (non-hydrogen) atoms. The Balaban J connectivity index is 2.47. The van der Waals surface area contributed by atoms with Crippen LogP contribution in [0.3, 0.4) is 0 Å². The van der Waals surface area contributed by atoms with Crippen molar-refractivity contribution in [2.45, 2.75) is 68.5 Å². The van der Waals surface area contributed by atoms with Gasteiger partial charge in [0.15, 0.2) is 0 Å². The molecule has 0 heterocycles. The zero-order valence-electron chi connectivity index (χ0n) is 11.0. The normalized spacial score (nSPS) is 30.4. The Labute approximate surface area is 93.2 Å². The Kier molecular flexibility index (Phi) is 3.78. The molecule has 0 N–H and O–H groups in total. The van der Waals surface area contributed by atoms with E-state index < -0.39 is 13.3 Å². The summed E-state index contributed by atoms with van der Waals surface area (Å²) in [4.78, 5) is 0. The maximum atomic E-state index is 2.59. The van der Waals surface area contributed by atoms with Gasteiger partial charge in [-0.15, -0.1) is 0 Å². The Morgan fingerprint density at radius 3 is 1.57 bits per heavy atom. The van der Waals surface area contributed by atoms with Crippen molar-refractivity contribution in [3.63, 3.8) is 0 Å². The molecule has 1 heteroatoms. The molecule has 0 aromatic heterocycles. The van der Waals surface area contributed by atoms with Crippen LogP contribution in [0.25, 0.3) is 0 Å². The van der Waals surface area contributed by atoms with Gasteiger partial charge in [-0.05, 0) is 0 Å². The van der Waals surface area contributed by atoms with Crippen LogP contribution in [0, 0.1) is 11.3 Å². The first-order valence-corrected chi connectivity index (χ1v) is 13.7. The summed E-state index contributed by atoms with van der Waals surface area (Å²) >= 11 is -1.33. The fraction of sp³-hybridized carbons (Fsp3) is 1.00. The molecule has 0 amide bonds. The first-order valence-electron chi connectivity index (χ1n) is 6.21. The average molecular weight is 257 g/mol. The fourth-order valence-electron chi connectivity index (χ4n) is 2.83. The van der Waals surface area contributed by atoms with E-state index in [2.05, 4.69) is 38.0 Å². The summed E-state index contributed by atoms with van der Waals surface area (Å²) in [5.74, 6) is 8.75. The number of hydrogen-bond acceptors (Lipinski definition) is 0. The molecule has 0 spiro atoms. The van der Waals surface area contributed by atoms with E-state index in [1.54, 1.807) is 0 Å². The minimum absolute atomic E-state index is 0.551. The van der Waals surface area contributed by atoms with Crippen LogP contribution in [-0.4, -0.2) is 13.3 Å². The Bertz CT molecular complexity index is 152. The SMILES string of the molecule is CC(C)(C)C1CC[CH]([Ge]([CH3])([CH3])[CH3])CC1. The van der Waals surface area contributed by atoms with E-state index in [9.17, 15) is 0 Å². The second kappa shape index (κ2) is 4.19. The van der Waals surface area contributed by atoms with Gasteiger partial charge in [0.2, 0.25) is 0 Å². The van der Waals surface area contributed by atoms with Gasteiger partial charge >= 0.3 is 93.1 Å². The van der Waals surface area contributed by atoms with Crippen molar-refractivity contribution in [2.75, 3.05) is 0 Å². The van der Waals surface area contributed by atoms with E-state index in [0.29, 0.717) is 5.41 Å². The summed E-state index contributed by atoms with van der Waals surface area (Å²) in [7, 11) is 0. The Hall–Kier alpha value is 0.543. The van der Waals surface area contributed by atoms with Crippen LogP contribution < -0.4 is 0 Å². The van der Waals surface area contributed by atoms with Gasteiger partial charge in [-0.2, -0.15) is 0 Å². The summed E-state index contributed by atoms with van der Waals surface area (Å²) in [5.41, 5.74) is 0.551. The minimum atomic E-state index is -1.33. The van der Waals surface area contributed by atoms with Crippen LogP contribution in [0.5, 0.6) is 0 Å². The fourth-order valence-corrected chi connectivity index (χ4v) is 7.16. The van der Waals surface area contributed by atoms with Crippen molar-refractivity contribution in [3.05, 3.63) is 0 Å². The molecule has 0 aromatic rings. The molecule has 1 aliphatic carbocycles. The standard InChI is InChI=1S/C13H28Ge/c1-13(2,3)11-7-9-12(10-8-11)14(4,5)6/h11-12H,7-10H2,1-6H3. The van der Waals surface area contributed by atoms with Crippen LogP contribution in [0.2, 0.25) is 22.0 Å². The van der Waals surface area contributed by atoms with Crippen LogP contribution in [0.15, 0.2) is 0 Å². The van der Waals surface area contributed by atoms with E-state index in [1.807, 2.05) is 0 Å². The van der Waals surface area contributed by atoms with Gasteiger partial charge in [0, 0.05) is 0 Å². The van der Waals surface area contributed by atoms with E-state index in [4.69, 9.17) is 0 Å². The van der Waals surface area contributed by atoms with Crippen molar-refractivity contribution >= 4 is 13.3 Å². The van der Waals surface area contributed by atoms with Gasteiger partial charge in [0.05, 0.1) is 0 Å². The van der Waals surface area contributed by atoms with Gasteiger partial charge in [-0.25, -0.2) is 0 Å². The topological polar surface area (TPSA) is 0 Å². The second-order valence-corrected chi connectivity index (χ2v) is 18.9. The quantitative estimate of drug-likeness (QED) is 0.584. The van der Waals surface area contributed by atoms with Gasteiger partial charge in [0.1, 0.15) is 0 Å². The van der Waals surface area contributed by atoms with Crippen molar-refractivity contribution in [1.82, 2.24) is 0 Å². The second-order valence-electron chi connectivity index (χ2n) is 7.28. The zero-order chi connectivity index (χ0) is 11.0. The summed E-state index contributed by atoms with van der Waals surface area (Å²) in [6, 6.07) is 0. The van der Waals surface area contributed by atoms with Crippen molar-refractivity contribution in [2.24, 2.45) is 11.3 Å². The third-order valence-corrected chi connectivity index (χ3v) is 10.5. The van der Waals surface area contributed by atoms with Gasteiger partial charge in [-0.1, -0.05) is 0 Å². The Morgan fingerprint density at radius 1 is 0.857 bits per heavy atom. The molecule has 1 saturated carbocycles. The number of rotatable bonds is 1. The Morgan fingerprint density at radius 2 is 1.29 bits per heavy atom. The first-order chi connectivity index (χ1) is 6.21. The molecule has 0 aliphatic heterocycles. The van der Waals surface area contributed by atoms with Crippen LogP contribution >= 0.6 is 0 Å². The molecule has 84 valence electrons. The summed E-state index contributed by atoms with van der Waals surface area (Å²) in [5, 5.41) is 0. The van der Waals surface area contributed by atoms with Crippen LogP contribution in [0.1, 0.15) is 46.5 Å².